The van der Waals surface area contributed by atoms with Crippen LogP contribution in [0.25, 0.3) is 0 Å². The molecule has 1 aliphatic heterocycles. The van der Waals surface area contributed by atoms with Crippen LogP contribution in [0.2, 0.25) is 0 Å². The molecule has 0 atom stereocenters. The molecule has 19 heavy (non-hydrogen) atoms. The molecule has 1 N–H and O–H groups in total. The number of nitrogens with zero attached hydrogens (tertiary/aromatic N) is 2. The lowest BCUT2D eigenvalue weighted by atomic mass is 10.1. The summed E-state index contributed by atoms with van der Waals surface area (Å²) in [7, 11) is 0. The number of aryl methyl sites for hydroxylation is 1. The normalized spacial score (nSPS) is 14.8. The number of benzene rings is 1. The Balaban J connectivity index is 1.96. The van der Waals surface area contributed by atoms with Crippen molar-refractivity contribution < 1.29 is 4.79 Å². The van der Waals surface area contributed by atoms with Crippen molar-refractivity contribution in [3.63, 3.8) is 0 Å². The van der Waals surface area contributed by atoms with Crippen molar-refractivity contribution in [3.05, 3.63) is 29.3 Å². The highest BCUT2D eigenvalue weighted by atomic mass is 16.2. The second kappa shape index (κ2) is 6.24. The number of carbonyl (C=O) groups excluding carboxylic acids is 1. The van der Waals surface area contributed by atoms with E-state index in [2.05, 4.69) is 11.4 Å². The third-order valence-corrected chi connectivity index (χ3v) is 3.43. The maximum absolute atomic E-state index is 12.0. The summed E-state index contributed by atoms with van der Waals surface area (Å²) < 4.78 is 0. The van der Waals surface area contributed by atoms with E-state index in [1.165, 1.54) is 6.42 Å². The first kappa shape index (κ1) is 13.4. The predicted molar refractivity (Wildman–Crippen MR) is 74.8 cm³/mol. The van der Waals surface area contributed by atoms with E-state index in [0.29, 0.717) is 5.56 Å². The molecule has 0 bridgehead atoms. The lowest BCUT2D eigenvalue weighted by Crippen LogP contribution is -2.39. The third kappa shape index (κ3) is 3.47. The van der Waals surface area contributed by atoms with E-state index >= 15 is 0 Å². The lowest BCUT2D eigenvalue weighted by Gasteiger charge is -2.27. The van der Waals surface area contributed by atoms with Gasteiger partial charge >= 0.3 is 0 Å². The van der Waals surface area contributed by atoms with Gasteiger partial charge in [-0.2, -0.15) is 5.26 Å². The Morgan fingerprint density at radius 1 is 1.37 bits per heavy atom. The molecule has 0 spiro atoms. The zero-order chi connectivity index (χ0) is 13.7. The monoisotopic (exact) mass is 257 g/mol. The smallest absolute Gasteiger partial charge is 0.241 e. The Bertz CT molecular complexity index is 499. The molecule has 1 saturated heterocycles. The first-order chi connectivity index (χ1) is 9.20. The first-order valence-corrected chi connectivity index (χ1v) is 6.73. The summed E-state index contributed by atoms with van der Waals surface area (Å²) in [5.74, 6) is 0.116. The number of nitriles is 1. The number of carbonyl (C=O) groups is 1. The van der Waals surface area contributed by atoms with Gasteiger partial charge in [0.05, 0.1) is 17.8 Å². The fraction of sp³-hybridized carbons (Fsp3) is 0.467. The van der Waals surface area contributed by atoms with Crippen molar-refractivity contribution in [2.24, 2.45) is 0 Å². The number of rotatable bonds is 3. The van der Waals surface area contributed by atoms with Crippen LogP contribution in [0.5, 0.6) is 0 Å². The quantitative estimate of drug-likeness (QED) is 0.904. The number of anilines is 1. The van der Waals surface area contributed by atoms with Crippen LogP contribution >= 0.6 is 0 Å². The molecule has 1 fully saturated rings. The van der Waals surface area contributed by atoms with Gasteiger partial charge in [0, 0.05) is 13.1 Å². The van der Waals surface area contributed by atoms with Gasteiger partial charge in [-0.1, -0.05) is 6.07 Å². The molecule has 0 aromatic heterocycles. The van der Waals surface area contributed by atoms with Crippen LogP contribution in [0.4, 0.5) is 5.69 Å². The van der Waals surface area contributed by atoms with Crippen molar-refractivity contribution >= 4 is 11.6 Å². The van der Waals surface area contributed by atoms with Crippen molar-refractivity contribution in [1.82, 2.24) is 4.90 Å². The molecule has 1 aliphatic rings. The third-order valence-electron chi connectivity index (χ3n) is 3.43. The van der Waals surface area contributed by atoms with Gasteiger partial charge in [0.2, 0.25) is 5.91 Å². The fourth-order valence-electron chi connectivity index (χ4n) is 2.33. The summed E-state index contributed by atoms with van der Waals surface area (Å²) in [5, 5.41) is 12.1. The van der Waals surface area contributed by atoms with Gasteiger partial charge in [0.25, 0.3) is 0 Å². The minimum Gasteiger partial charge on any atom is -0.375 e. The summed E-state index contributed by atoms with van der Waals surface area (Å²) in [6.07, 6.45) is 3.41. The maximum atomic E-state index is 12.0. The molecule has 1 aromatic rings. The van der Waals surface area contributed by atoms with Gasteiger partial charge in [-0.3, -0.25) is 4.79 Å². The Labute approximate surface area is 114 Å². The first-order valence-electron chi connectivity index (χ1n) is 6.73. The Morgan fingerprint density at radius 2 is 2.11 bits per heavy atom. The van der Waals surface area contributed by atoms with Crippen LogP contribution in [0.3, 0.4) is 0 Å². The number of hydrogen-bond acceptors (Lipinski definition) is 3. The Hall–Kier alpha value is -2.02. The highest BCUT2D eigenvalue weighted by Crippen LogP contribution is 2.16. The van der Waals surface area contributed by atoms with Crippen LogP contribution in [0, 0.1) is 18.3 Å². The minimum absolute atomic E-state index is 0.116. The predicted octanol–water partition coefficient (Wildman–Crippen LogP) is 2.29. The van der Waals surface area contributed by atoms with Gasteiger partial charge in [0.1, 0.15) is 6.07 Å². The summed E-state index contributed by atoms with van der Waals surface area (Å²) in [5.41, 5.74) is 2.40. The summed E-state index contributed by atoms with van der Waals surface area (Å²) in [4.78, 5) is 13.9. The van der Waals surface area contributed by atoms with Crippen molar-refractivity contribution in [2.45, 2.75) is 26.2 Å². The van der Waals surface area contributed by atoms with Crippen LogP contribution < -0.4 is 5.32 Å². The van der Waals surface area contributed by atoms with E-state index in [1.54, 1.807) is 6.07 Å². The van der Waals surface area contributed by atoms with Crippen molar-refractivity contribution in [1.29, 1.82) is 5.26 Å². The largest absolute Gasteiger partial charge is 0.375 e. The van der Waals surface area contributed by atoms with E-state index in [0.717, 1.165) is 37.2 Å². The van der Waals surface area contributed by atoms with E-state index in [1.807, 2.05) is 24.0 Å². The van der Waals surface area contributed by atoms with E-state index in [-0.39, 0.29) is 12.5 Å². The average molecular weight is 257 g/mol. The van der Waals surface area contributed by atoms with Gasteiger partial charge in [-0.05, 0) is 43.9 Å². The van der Waals surface area contributed by atoms with E-state index < -0.39 is 0 Å². The minimum atomic E-state index is 0.116. The van der Waals surface area contributed by atoms with Crippen molar-refractivity contribution in [2.75, 3.05) is 25.0 Å². The zero-order valence-corrected chi connectivity index (χ0v) is 11.3. The molecule has 2 rings (SSSR count). The van der Waals surface area contributed by atoms with Crippen LogP contribution in [-0.2, 0) is 4.79 Å². The molecule has 1 aromatic carbocycles. The molecular weight excluding hydrogens is 238 g/mol. The average Bonchev–Trinajstić information content (AvgIpc) is 2.46. The number of amides is 1. The van der Waals surface area contributed by atoms with E-state index in [9.17, 15) is 4.79 Å². The second-order valence-corrected chi connectivity index (χ2v) is 4.96. The maximum Gasteiger partial charge on any atom is 0.241 e. The molecule has 0 radical (unpaired) electrons. The molecule has 0 saturated carbocycles. The summed E-state index contributed by atoms with van der Waals surface area (Å²) >= 11 is 0. The number of likely N-dealkylation sites (tertiary alicyclic amines) is 1. The molecule has 0 unspecified atom stereocenters. The molecule has 4 nitrogen and oxygen atoms in total. The molecular formula is C15H19N3O. The van der Waals surface area contributed by atoms with Gasteiger partial charge in [0.15, 0.2) is 0 Å². The molecule has 0 aliphatic carbocycles. The zero-order valence-electron chi connectivity index (χ0n) is 11.3. The fourth-order valence-corrected chi connectivity index (χ4v) is 2.33. The number of hydrogen-bond donors (Lipinski definition) is 1. The van der Waals surface area contributed by atoms with Crippen LogP contribution in [0.1, 0.15) is 30.4 Å². The highest BCUT2D eigenvalue weighted by molar-refractivity contribution is 5.81. The Kier molecular flexibility index (Phi) is 4.40. The number of nitrogens with one attached hydrogen (secondary N) is 1. The van der Waals surface area contributed by atoms with Gasteiger partial charge in [-0.15, -0.1) is 0 Å². The standard InChI is InChI=1S/C15H19N3O/c1-12-5-6-13(10-16)14(9-12)17-11-15(19)18-7-3-2-4-8-18/h5-6,9,17H,2-4,7-8,11H2,1H3. The number of piperidine rings is 1. The molecule has 4 heteroatoms. The summed E-state index contributed by atoms with van der Waals surface area (Å²) in [6, 6.07) is 7.72. The van der Waals surface area contributed by atoms with Crippen molar-refractivity contribution in [3.8, 4) is 6.07 Å². The Morgan fingerprint density at radius 3 is 2.79 bits per heavy atom. The van der Waals surface area contributed by atoms with Crippen LogP contribution in [-0.4, -0.2) is 30.4 Å². The SMILES string of the molecule is Cc1ccc(C#N)c(NCC(=O)N2CCCCC2)c1. The molecule has 1 amide bonds. The topological polar surface area (TPSA) is 56.1 Å². The summed E-state index contributed by atoms with van der Waals surface area (Å²) in [6.45, 7) is 3.95. The second-order valence-electron chi connectivity index (χ2n) is 4.96. The van der Waals surface area contributed by atoms with Crippen LogP contribution in [0.15, 0.2) is 18.2 Å². The molecule has 1 heterocycles. The molecule has 100 valence electrons. The van der Waals surface area contributed by atoms with E-state index in [4.69, 9.17) is 5.26 Å². The van der Waals surface area contributed by atoms with Gasteiger partial charge < -0.3 is 10.2 Å². The highest BCUT2D eigenvalue weighted by Gasteiger charge is 2.16. The lowest BCUT2D eigenvalue weighted by molar-refractivity contribution is -0.130. The van der Waals surface area contributed by atoms with Gasteiger partial charge in [-0.25, -0.2) is 0 Å².